The van der Waals surface area contributed by atoms with Gasteiger partial charge in [0.05, 0.1) is 0 Å². The molecule has 0 unspecified atom stereocenters. The first-order valence-corrected chi connectivity index (χ1v) is 32.8. The van der Waals surface area contributed by atoms with E-state index in [2.05, 4.69) is 140 Å². The first kappa shape index (κ1) is 68.7. The monoisotopic (exact) mass is 1170 g/mol. The van der Waals surface area contributed by atoms with Crippen molar-refractivity contribution in [2.24, 2.45) is 35.3 Å². The molecule has 11 nitrogen and oxygen atoms in total. The largest absolute Gasteiger partial charge is 0.460 e. The highest BCUT2D eigenvalue weighted by Crippen LogP contribution is 2.43. The van der Waals surface area contributed by atoms with Crippen molar-refractivity contribution in [2.45, 2.75) is 265 Å². The van der Waals surface area contributed by atoms with E-state index >= 15 is 0 Å². The molecular weight excluding hydrogens is 1060 g/mol. The van der Waals surface area contributed by atoms with Crippen molar-refractivity contribution in [3.63, 3.8) is 0 Å². The van der Waals surface area contributed by atoms with Crippen molar-refractivity contribution in [1.29, 1.82) is 0 Å². The van der Waals surface area contributed by atoms with Crippen LogP contribution in [0.1, 0.15) is 228 Å². The Balaban J connectivity index is 0.000000190. The normalized spacial score (nSPS) is 26.1. The smallest absolute Gasteiger partial charge is 0.407 e. The second kappa shape index (κ2) is 33.1. The van der Waals surface area contributed by atoms with E-state index in [4.69, 9.17) is 19.9 Å². The Morgan fingerprint density at radius 3 is 1.11 bits per heavy atom. The van der Waals surface area contributed by atoms with Gasteiger partial charge in [0.1, 0.15) is 22.6 Å². The summed E-state index contributed by atoms with van der Waals surface area (Å²) in [4.78, 5) is 46.5. The van der Waals surface area contributed by atoms with Crippen LogP contribution in [-0.4, -0.2) is 76.9 Å². The molecule has 0 spiro atoms. The van der Waals surface area contributed by atoms with E-state index in [1.165, 1.54) is 67.2 Å². The fourth-order valence-electron chi connectivity index (χ4n) is 12.4. The highest BCUT2D eigenvalue weighted by Gasteiger charge is 2.42. The minimum Gasteiger partial charge on any atom is -0.460 e. The SMILES string of the molecule is CC(C)(C)OC(=O)NC1CCC(=O)CC1.CC/C(=C\c1ccccc1)[C@@H]1C[C@H]1N.CC/C(=C\c1ccccc1)[C@@H]1C[C@H]1NC1CCC(CC(=O)OC(C)(C)C)CC1.CC/C(=C\c1ccccc1)[C@@H]1C[C@H]1NC1CCC(CC(=O)OC(C)(C)C)CC1. The minimum absolute atomic E-state index is 0.0372. The maximum atomic E-state index is 12.1. The lowest BCUT2D eigenvalue weighted by atomic mass is 9.84. The lowest BCUT2D eigenvalue weighted by Gasteiger charge is -2.30. The van der Waals surface area contributed by atoms with Crippen LogP contribution in [0.4, 0.5) is 4.79 Å². The van der Waals surface area contributed by atoms with E-state index in [0.29, 0.717) is 85.5 Å². The number of ketones is 1. The highest BCUT2D eigenvalue weighted by molar-refractivity contribution is 5.79. The molecule has 1 amide bonds. The summed E-state index contributed by atoms with van der Waals surface area (Å²) < 4.78 is 16.1. The van der Waals surface area contributed by atoms with Gasteiger partial charge in [-0.2, -0.15) is 0 Å². The summed E-state index contributed by atoms with van der Waals surface area (Å²) in [6, 6.07) is 34.8. The summed E-state index contributed by atoms with van der Waals surface area (Å²) in [7, 11) is 0. The van der Waals surface area contributed by atoms with Crippen LogP contribution in [0.5, 0.6) is 0 Å². The number of hydrogen-bond donors (Lipinski definition) is 4. The third kappa shape index (κ3) is 26.7. The predicted octanol–water partition coefficient (Wildman–Crippen LogP) is 16.3. The number of amides is 1. The molecule has 0 radical (unpaired) electrons. The van der Waals surface area contributed by atoms with Gasteiger partial charge >= 0.3 is 18.0 Å². The molecule has 6 saturated carbocycles. The van der Waals surface area contributed by atoms with Crippen LogP contribution in [0.25, 0.3) is 18.2 Å². The lowest BCUT2D eigenvalue weighted by Crippen LogP contribution is -2.40. The molecule has 11 heteroatoms. The summed E-state index contributed by atoms with van der Waals surface area (Å²) in [5, 5.41) is 10.6. The summed E-state index contributed by atoms with van der Waals surface area (Å²) in [6.07, 6.45) is 26.8. The van der Waals surface area contributed by atoms with E-state index in [0.717, 1.165) is 57.8 Å². The van der Waals surface area contributed by atoms with Gasteiger partial charge in [-0.25, -0.2) is 4.79 Å². The number of carbonyl (C=O) groups is 4. The van der Waals surface area contributed by atoms with Crippen molar-refractivity contribution >= 4 is 42.0 Å². The fraction of sp³-hybridized carbons (Fsp3) is 0.622. The van der Waals surface area contributed by atoms with E-state index in [1.807, 2.05) is 68.4 Å². The maximum Gasteiger partial charge on any atom is 0.407 e. The molecule has 0 aromatic heterocycles. The van der Waals surface area contributed by atoms with E-state index in [9.17, 15) is 19.2 Å². The van der Waals surface area contributed by atoms with Gasteiger partial charge in [-0.05, 0) is 211 Å². The number of Topliss-reactive ketones (excluding diaryl/α,β-unsaturated/α-hetero) is 1. The molecule has 0 aliphatic heterocycles. The van der Waals surface area contributed by atoms with E-state index in [-0.39, 0.29) is 41.1 Å². The van der Waals surface area contributed by atoms with Crippen LogP contribution in [0.15, 0.2) is 108 Å². The van der Waals surface area contributed by atoms with Crippen LogP contribution < -0.4 is 21.7 Å². The zero-order valence-corrected chi connectivity index (χ0v) is 54.3. The Bertz CT molecular complexity index is 2480. The number of nitrogens with two attached hydrogens (primary N) is 1. The predicted molar refractivity (Wildman–Crippen MR) is 349 cm³/mol. The maximum absolute atomic E-state index is 12.1. The molecule has 0 heterocycles. The minimum atomic E-state index is -0.464. The second-order valence-corrected chi connectivity index (χ2v) is 28.2. The van der Waals surface area contributed by atoms with E-state index < -0.39 is 5.60 Å². The van der Waals surface area contributed by atoms with E-state index in [1.54, 1.807) is 11.1 Å². The number of alkyl carbamates (subject to hydrolysis) is 1. The Kier molecular flexibility index (Phi) is 26.8. The highest BCUT2D eigenvalue weighted by atomic mass is 16.6. The summed E-state index contributed by atoms with van der Waals surface area (Å²) in [5.74, 6) is 3.25. The molecule has 6 aliphatic carbocycles. The molecule has 85 heavy (non-hydrogen) atoms. The third-order valence-electron chi connectivity index (χ3n) is 17.1. The average molecular weight is 1170 g/mol. The molecule has 468 valence electrons. The Morgan fingerprint density at radius 1 is 0.471 bits per heavy atom. The number of rotatable bonds is 18. The zero-order valence-electron chi connectivity index (χ0n) is 54.3. The van der Waals surface area contributed by atoms with Gasteiger partial charge in [-0.1, -0.05) is 147 Å². The van der Waals surface area contributed by atoms with Crippen molar-refractivity contribution in [1.82, 2.24) is 16.0 Å². The van der Waals surface area contributed by atoms with Gasteiger partial charge in [0.15, 0.2) is 0 Å². The number of ether oxygens (including phenoxy) is 3. The molecule has 3 aromatic carbocycles. The third-order valence-corrected chi connectivity index (χ3v) is 17.1. The van der Waals surface area contributed by atoms with Gasteiger partial charge in [-0.15, -0.1) is 0 Å². The van der Waals surface area contributed by atoms with Crippen molar-refractivity contribution in [2.75, 3.05) is 0 Å². The first-order chi connectivity index (χ1) is 40.3. The van der Waals surface area contributed by atoms with Gasteiger partial charge < -0.3 is 35.9 Å². The number of esters is 2. The van der Waals surface area contributed by atoms with Crippen LogP contribution in [0.3, 0.4) is 0 Å². The second-order valence-electron chi connectivity index (χ2n) is 28.2. The molecule has 6 fully saturated rings. The van der Waals surface area contributed by atoms with Gasteiger partial charge in [-0.3, -0.25) is 14.4 Å². The molecule has 6 atom stereocenters. The summed E-state index contributed by atoms with van der Waals surface area (Å²) in [5.41, 5.74) is 13.2. The Hall–Kier alpha value is -5.36. The number of benzene rings is 3. The Labute approximate surface area is 513 Å². The van der Waals surface area contributed by atoms with Crippen molar-refractivity contribution in [3.8, 4) is 0 Å². The van der Waals surface area contributed by atoms with Crippen LogP contribution in [-0.2, 0) is 28.6 Å². The topological polar surface area (TPSA) is 158 Å². The zero-order chi connectivity index (χ0) is 61.7. The molecule has 0 saturated heterocycles. The Morgan fingerprint density at radius 2 is 0.800 bits per heavy atom. The molecule has 0 bridgehead atoms. The van der Waals surface area contributed by atoms with Gasteiger partial charge in [0, 0.05) is 61.9 Å². The van der Waals surface area contributed by atoms with Crippen LogP contribution >= 0.6 is 0 Å². The molecule has 9 rings (SSSR count). The number of nitrogens with one attached hydrogen (secondary N) is 3. The molecule has 5 N–H and O–H groups in total. The summed E-state index contributed by atoms with van der Waals surface area (Å²) >= 11 is 0. The molecular formula is C74H110N4O7. The standard InChI is InChI=1S/2C25H37NO2.C13H17N.C11H19NO3/c2*1-5-20(15-18-9-7-6-8-10-18)22-17-23(22)26-21-13-11-19(12-14-21)16-24(27)28-25(2,3)4;1-2-11(12-9-13(12)14)8-10-6-4-3-5-7-10;1-11(2,3)15-10(14)12-8-4-6-9(13)7-5-8/h2*6-10,15,19,21-23,26H,5,11-14,16-17H2,1-4H3;3-8,12-13H,2,9,14H2,1H3;8H,4-7H2,1-3H3,(H,12,14)/b2*20-15+;11-8+;/t2*19?,21?,22-,23+;12-,13+;/m000./s1. The number of carbonyl (C=O) groups excluding carboxylic acids is 4. The summed E-state index contributed by atoms with van der Waals surface area (Å²) in [6.45, 7) is 23.9. The first-order valence-electron chi connectivity index (χ1n) is 32.8. The lowest BCUT2D eigenvalue weighted by molar-refractivity contribution is -0.157. The molecule has 6 aliphatic rings. The number of hydrogen-bond acceptors (Lipinski definition) is 10. The van der Waals surface area contributed by atoms with Crippen molar-refractivity contribution < 1.29 is 33.4 Å². The quantitative estimate of drug-likeness (QED) is 0.0714. The van der Waals surface area contributed by atoms with Gasteiger partial charge in [0.25, 0.3) is 0 Å². The van der Waals surface area contributed by atoms with Crippen molar-refractivity contribution in [3.05, 3.63) is 124 Å². The van der Waals surface area contributed by atoms with Gasteiger partial charge in [0.2, 0.25) is 0 Å². The molecule has 3 aromatic rings. The van der Waals surface area contributed by atoms with Crippen LogP contribution in [0.2, 0.25) is 0 Å². The average Bonchev–Trinajstić information content (AvgIpc) is 3.08. The van der Waals surface area contributed by atoms with Crippen LogP contribution in [0, 0.1) is 29.6 Å². The fourth-order valence-corrected chi connectivity index (χ4v) is 12.4.